The maximum atomic E-state index is 10.7. The smallest absolute Gasteiger partial charge is 0.323 e. The lowest BCUT2D eigenvalue weighted by Crippen LogP contribution is -2.31. The number of carboxylic acid groups (broad SMARTS) is 1. The van der Waals surface area contributed by atoms with Crippen LogP contribution in [0.5, 0.6) is 0 Å². The third-order valence-corrected chi connectivity index (χ3v) is 2.02. The number of anilines is 1. The first-order valence-electron chi connectivity index (χ1n) is 5.04. The van der Waals surface area contributed by atoms with Gasteiger partial charge in [0.15, 0.2) is 0 Å². The number of hydrogen-bond donors (Lipinski definition) is 1. The predicted octanol–water partition coefficient (Wildman–Crippen LogP) is 1.69. The van der Waals surface area contributed by atoms with Gasteiger partial charge < -0.3 is 10.0 Å². The van der Waals surface area contributed by atoms with Crippen molar-refractivity contribution in [2.75, 3.05) is 18.0 Å². The fourth-order valence-electron chi connectivity index (χ4n) is 1.41. The maximum absolute atomic E-state index is 10.7. The topological polar surface area (TPSA) is 53.4 Å². The number of rotatable bonds is 5. The highest BCUT2D eigenvalue weighted by Gasteiger charge is 2.10. The number of aromatic nitrogens is 1. The third kappa shape index (κ3) is 3.58. The first-order chi connectivity index (χ1) is 7.13. The van der Waals surface area contributed by atoms with Crippen molar-refractivity contribution in [3.05, 3.63) is 23.9 Å². The maximum Gasteiger partial charge on any atom is 0.323 e. The van der Waals surface area contributed by atoms with Crippen LogP contribution < -0.4 is 4.90 Å². The van der Waals surface area contributed by atoms with E-state index in [1.807, 2.05) is 32.0 Å². The van der Waals surface area contributed by atoms with Crippen LogP contribution >= 0.6 is 0 Å². The minimum atomic E-state index is -0.827. The molecule has 4 heteroatoms. The van der Waals surface area contributed by atoms with Crippen molar-refractivity contribution < 1.29 is 9.90 Å². The second-order valence-corrected chi connectivity index (χ2v) is 3.45. The lowest BCUT2D eigenvalue weighted by molar-refractivity contribution is -0.135. The largest absolute Gasteiger partial charge is 0.480 e. The van der Waals surface area contributed by atoms with E-state index in [0.717, 1.165) is 17.9 Å². The van der Waals surface area contributed by atoms with Gasteiger partial charge >= 0.3 is 5.97 Å². The summed E-state index contributed by atoms with van der Waals surface area (Å²) in [6.07, 6.45) is 0.906. The molecule has 1 rings (SSSR count). The summed E-state index contributed by atoms with van der Waals surface area (Å²) < 4.78 is 0. The van der Waals surface area contributed by atoms with E-state index in [1.54, 1.807) is 4.90 Å². The molecule has 0 saturated carbocycles. The van der Waals surface area contributed by atoms with Crippen molar-refractivity contribution in [2.24, 2.45) is 0 Å². The van der Waals surface area contributed by atoms with E-state index in [9.17, 15) is 4.79 Å². The van der Waals surface area contributed by atoms with Gasteiger partial charge in [0.05, 0.1) is 0 Å². The highest BCUT2D eigenvalue weighted by atomic mass is 16.4. The SMILES string of the molecule is CCCN(CC(=O)O)c1cccc(C)n1. The summed E-state index contributed by atoms with van der Waals surface area (Å²) in [5, 5.41) is 8.77. The molecule has 1 heterocycles. The molecule has 1 N–H and O–H groups in total. The van der Waals surface area contributed by atoms with Gasteiger partial charge in [-0.05, 0) is 25.5 Å². The highest BCUT2D eigenvalue weighted by molar-refractivity contribution is 5.73. The number of carboxylic acids is 1. The van der Waals surface area contributed by atoms with Crippen LogP contribution in [0.3, 0.4) is 0 Å². The molecule has 0 radical (unpaired) electrons. The van der Waals surface area contributed by atoms with Crippen LogP contribution in [-0.4, -0.2) is 29.1 Å². The van der Waals surface area contributed by atoms with Crippen LogP contribution in [0, 0.1) is 6.92 Å². The quantitative estimate of drug-likeness (QED) is 0.800. The molecule has 1 aromatic heterocycles. The Kier molecular flexibility index (Phi) is 4.09. The molecule has 0 aromatic carbocycles. The Balaban J connectivity index is 2.83. The van der Waals surface area contributed by atoms with E-state index in [0.29, 0.717) is 6.54 Å². The van der Waals surface area contributed by atoms with Crippen LogP contribution in [0.1, 0.15) is 19.0 Å². The Labute approximate surface area is 89.6 Å². The molecule has 0 saturated heterocycles. The first kappa shape index (κ1) is 11.5. The average molecular weight is 208 g/mol. The molecular formula is C11H16N2O2. The van der Waals surface area contributed by atoms with Crippen LogP contribution in [0.4, 0.5) is 5.82 Å². The molecule has 0 amide bonds. The molecular weight excluding hydrogens is 192 g/mol. The summed E-state index contributed by atoms with van der Waals surface area (Å²) in [7, 11) is 0. The van der Waals surface area contributed by atoms with Gasteiger partial charge in [-0.15, -0.1) is 0 Å². The average Bonchev–Trinajstić information content (AvgIpc) is 2.16. The Morgan fingerprint density at radius 1 is 1.53 bits per heavy atom. The van der Waals surface area contributed by atoms with E-state index >= 15 is 0 Å². The summed E-state index contributed by atoms with van der Waals surface area (Å²) in [5.74, 6) is -0.0917. The molecule has 0 unspecified atom stereocenters. The van der Waals surface area contributed by atoms with Gasteiger partial charge in [-0.3, -0.25) is 4.79 Å². The fraction of sp³-hybridized carbons (Fsp3) is 0.455. The number of nitrogens with zero attached hydrogens (tertiary/aromatic N) is 2. The Morgan fingerprint density at radius 2 is 2.27 bits per heavy atom. The Hall–Kier alpha value is -1.58. The van der Waals surface area contributed by atoms with E-state index in [2.05, 4.69) is 4.98 Å². The van der Waals surface area contributed by atoms with Crippen LogP contribution in [0.15, 0.2) is 18.2 Å². The molecule has 0 aliphatic carbocycles. The number of aliphatic carboxylic acids is 1. The molecule has 0 bridgehead atoms. The monoisotopic (exact) mass is 208 g/mol. The number of pyridine rings is 1. The van der Waals surface area contributed by atoms with Gasteiger partial charge in [-0.2, -0.15) is 0 Å². The zero-order valence-corrected chi connectivity index (χ0v) is 9.10. The Morgan fingerprint density at radius 3 is 2.80 bits per heavy atom. The van der Waals surface area contributed by atoms with Crippen molar-refractivity contribution in [1.29, 1.82) is 0 Å². The molecule has 15 heavy (non-hydrogen) atoms. The van der Waals surface area contributed by atoms with Gasteiger partial charge in [0, 0.05) is 12.2 Å². The lowest BCUT2D eigenvalue weighted by atomic mass is 10.3. The lowest BCUT2D eigenvalue weighted by Gasteiger charge is -2.21. The van der Waals surface area contributed by atoms with E-state index in [-0.39, 0.29) is 6.54 Å². The molecule has 82 valence electrons. The van der Waals surface area contributed by atoms with Crippen molar-refractivity contribution in [2.45, 2.75) is 20.3 Å². The third-order valence-electron chi connectivity index (χ3n) is 2.02. The second-order valence-electron chi connectivity index (χ2n) is 3.45. The summed E-state index contributed by atoms with van der Waals surface area (Å²) in [6.45, 7) is 4.63. The van der Waals surface area contributed by atoms with Crippen LogP contribution in [-0.2, 0) is 4.79 Å². The van der Waals surface area contributed by atoms with Gasteiger partial charge in [-0.25, -0.2) is 4.98 Å². The standard InChI is InChI=1S/C11H16N2O2/c1-3-7-13(8-11(14)15)10-6-4-5-9(2)12-10/h4-6H,3,7-8H2,1-2H3,(H,14,15). The fourth-order valence-corrected chi connectivity index (χ4v) is 1.41. The summed E-state index contributed by atoms with van der Waals surface area (Å²) in [6, 6.07) is 5.63. The van der Waals surface area contributed by atoms with Crippen molar-refractivity contribution in [3.63, 3.8) is 0 Å². The number of carbonyl (C=O) groups is 1. The normalized spacial score (nSPS) is 10.0. The second kappa shape index (κ2) is 5.34. The zero-order valence-electron chi connectivity index (χ0n) is 9.10. The van der Waals surface area contributed by atoms with E-state index < -0.39 is 5.97 Å². The van der Waals surface area contributed by atoms with Gasteiger partial charge in [0.2, 0.25) is 0 Å². The first-order valence-corrected chi connectivity index (χ1v) is 5.04. The molecule has 0 aliphatic rings. The van der Waals surface area contributed by atoms with Gasteiger partial charge in [-0.1, -0.05) is 13.0 Å². The molecule has 0 spiro atoms. The summed E-state index contributed by atoms with van der Waals surface area (Å²) in [4.78, 5) is 16.8. The summed E-state index contributed by atoms with van der Waals surface area (Å²) in [5.41, 5.74) is 0.902. The Bertz CT molecular complexity index is 339. The minimum absolute atomic E-state index is 0.00426. The van der Waals surface area contributed by atoms with Crippen LogP contribution in [0.2, 0.25) is 0 Å². The minimum Gasteiger partial charge on any atom is -0.480 e. The molecule has 0 atom stereocenters. The van der Waals surface area contributed by atoms with Crippen molar-refractivity contribution in [1.82, 2.24) is 4.98 Å². The molecule has 0 fully saturated rings. The summed E-state index contributed by atoms with van der Waals surface area (Å²) >= 11 is 0. The molecule has 0 aliphatic heterocycles. The van der Waals surface area contributed by atoms with Crippen molar-refractivity contribution >= 4 is 11.8 Å². The van der Waals surface area contributed by atoms with E-state index in [4.69, 9.17) is 5.11 Å². The highest BCUT2D eigenvalue weighted by Crippen LogP contribution is 2.11. The van der Waals surface area contributed by atoms with Crippen LogP contribution in [0.25, 0.3) is 0 Å². The molecule has 4 nitrogen and oxygen atoms in total. The predicted molar refractivity (Wildman–Crippen MR) is 59.1 cm³/mol. The zero-order chi connectivity index (χ0) is 11.3. The van der Waals surface area contributed by atoms with Gasteiger partial charge in [0.25, 0.3) is 0 Å². The van der Waals surface area contributed by atoms with E-state index in [1.165, 1.54) is 0 Å². The number of aryl methyl sites for hydroxylation is 1. The molecule has 1 aromatic rings. The number of hydrogen-bond acceptors (Lipinski definition) is 3. The van der Waals surface area contributed by atoms with Crippen molar-refractivity contribution in [3.8, 4) is 0 Å². The van der Waals surface area contributed by atoms with Gasteiger partial charge in [0.1, 0.15) is 12.4 Å².